The first-order valence-electron chi connectivity index (χ1n) is 9.26. The van der Waals surface area contributed by atoms with Crippen LogP contribution in [0.15, 0.2) is 63.7 Å². The van der Waals surface area contributed by atoms with Gasteiger partial charge in [-0.05, 0) is 52.7 Å². The highest BCUT2D eigenvalue weighted by Gasteiger charge is 2.21. The minimum Gasteiger partial charge on any atom is -0.496 e. The van der Waals surface area contributed by atoms with Gasteiger partial charge in [-0.3, -0.25) is 9.59 Å². The van der Waals surface area contributed by atoms with Crippen LogP contribution in [0.25, 0.3) is 0 Å². The van der Waals surface area contributed by atoms with Gasteiger partial charge in [0.1, 0.15) is 11.6 Å². The van der Waals surface area contributed by atoms with E-state index in [-0.39, 0.29) is 19.6 Å². The lowest BCUT2D eigenvalue weighted by Crippen LogP contribution is -2.17. The predicted octanol–water partition coefficient (Wildman–Crippen LogP) is 6.32. The first kappa shape index (κ1) is 25.4. The fourth-order valence-electron chi connectivity index (χ4n) is 2.98. The van der Waals surface area contributed by atoms with Crippen LogP contribution < -0.4 is 10.1 Å². The van der Waals surface area contributed by atoms with E-state index in [4.69, 9.17) is 10.1 Å². The Labute approximate surface area is 204 Å². The van der Waals surface area contributed by atoms with Crippen molar-refractivity contribution in [3.8, 4) is 5.75 Å². The second-order valence-corrected chi connectivity index (χ2v) is 8.58. The molecule has 0 aliphatic carbocycles. The Morgan fingerprint density at radius 1 is 1.03 bits per heavy atom. The van der Waals surface area contributed by atoms with Gasteiger partial charge in [0.05, 0.1) is 7.11 Å². The molecule has 0 bridgehead atoms. The molecule has 0 radical (unpaired) electrons. The average molecular weight is 561 g/mol. The smallest absolute Gasteiger partial charge is 0.257 e. The van der Waals surface area contributed by atoms with Crippen LogP contribution in [0.4, 0.5) is 5.82 Å². The van der Waals surface area contributed by atoms with E-state index in [1.165, 1.54) is 7.11 Å². The van der Waals surface area contributed by atoms with E-state index in [0.717, 1.165) is 10.0 Å². The molecular weight excluding hydrogens is 538 g/mol. The number of aromatic nitrogens is 1. The Kier molecular flexibility index (Phi) is 8.86. The molecule has 1 aromatic heterocycles. The largest absolute Gasteiger partial charge is 0.496 e. The van der Waals surface area contributed by atoms with Gasteiger partial charge < -0.3 is 15.5 Å². The van der Waals surface area contributed by atoms with Gasteiger partial charge in [0.15, 0.2) is 5.78 Å². The molecule has 2 aromatic carbocycles. The zero-order valence-corrected chi connectivity index (χ0v) is 20.0. The molecule has 0 fully saturated rings. The minimum absolute atomic E-state index is 0. The molecule has 0 saturated heterocycles. The number of pyridine rings is 1. The molecule has 0 saturated carbocycles. The normalized spacial score (nSPS) is 10.1. The third-order valence-corrected chi connectivity index (χ3v) is 5.51. The summed E-state index contributed by atoms with van der Waals surface area (Å²) in [5.74, 6) is 0.267. The molecule has 0 spiro atoms. The molecule has 0 aliphatic heterocycles. The second kappa shape index (κ2) is 11.2. The van der Waals surface area contributed by atoms with Gasteiger partial charge in [-0.1, -0.05) is 47.6 Å². The van der Waals surface area contributed by atoms with Crippen molar-refractivity contribution >= 4 is 55.1 Å². The number of carbonyl (C=O) groups excluding carboxylic acids is 2. The highest BCUT2D eigenvalue weighted by Crippen LogP contribution is 2.30. The summed E-state index contributed by atoms with van der Waals surface area (Å²) in [7, 11) is 1.50. The number of nitrogens with one attached hydrogen (secondary N) is 2. The number of hydrogen-bond acceptors (Lipinski definition) is 5. The fraction of sp³-hybridized carbons (Fsp3) is 0.167. The molecule has 0 aliphatic rings. The maximum Gasteiger partial charge on any atom is 0.257 e. The van der Waals surface area contributed by atoms with Crippen molar-refractivity contribution in [1.29, 1.82) is 5.41 Å². The molecule has 0 atom stereocenters. The number of hydrogen-bond donors (Lipinski definition) is 2. The van der Waals surface area contributed by atoms with E-state index < -0.39 is 5.91 Å². The van der Waals surface area contributed by atoms with E-state index in [0.29, 0.717) is 38.4 Å². The van der Waals surface area contributed by atoms with Gasteiger partial charge in [-0.25, -0.2) is 4.98 Å². The molecule has 0 unspecified atom stereocenters. The SMILES string of the molecule is C.COc1cc(Br)cc(C(=O)Nc2ccc(Br)cn2)c1CC(=O)c1ccc(C(C)=N)cc1. The molecule has 8 heteroatoms. The number of nitrogens with zero attached hydrogens (tertiary/aromatic N) is 1. The van der Waals surface area contributed by atoms with Crippen molar-refractivity contribution in [3.63, 3.8) is 0 Å². The number of carbonyl (C=O) groups is 2. The van der Waals surface area contributed by atoms with Gasteiger partial charge in [0.25, 0.3) is 5.91 Å². The van der Waals surface area contributed by atoms with E-state index in [1.807, 2.05) is 0 Å². The number of anilines is 1. The third kappa shape index (κ3) is 6.11. The first-order chi connectivity index (χ1) is 14.8. The topological polar surface area (TPSA) is 92.1 Å². The van der Waals surface area contributed by atoms with Crippen molar-refractivity contribution in [2.45, 2.75) is 20.8 Å². The molecule has 1 amide bonds. The maximum absolute atomic E-state index is 13.0. The third-order valence-electron chi connectivity index (χ3n) is 4.58. The molecule has 1 heterocycles. The average Bonchev–Trinajstić information content (AvgIpc) is 2.76. The summed E-state index contributed by atoms with van der Waals surface area (Å²) in [5.41, 5.74) is 2.47. The van der Waals surface area contributed by atoms with E-state index in [1.54, 1.807) is 61.7 Å². The molecule has 3 aromatic rings. The molecule has 3 rings (SSSR count). The number of Topliss-reactive ketones (excluding diaryl/α,β-unsaturated/α-hetero) is 1. The van der Waals surface area contributed by atoms with Crippen LogP contribution in [0.3, 0.4) is 0 Å². The number of amides is 1. The number of halogens is 2. The van der Waals surface area contributed by atoms with Crippen LogP contribution in [-0.2, 0) is 6.42 Å². The predicted molar refractivity (Wildman–Crippen MR) is 134 cm³/mol. The van der Waals surface area contributed by atoms with Gasteiger partial charge in [0, 0.05) is 44.0 Å². The Morgan fingerprint density at radius 2 is 1.69 bits per heavy atom. The first-order valence-corrected chi connectivity index (χ1v) is 10.8. The number of ketones is 1. The van der Waals surface area contributed by atoms with E-state index in [9.17, 15) is 9.59 Å². The van der Waals surface area contributed by atoms with Crippen LogP contribution in [0, 0.1) is 5.41 Å². The zero-order chi connectivity index (χ0) is 22.5. The van der Waals surface area contributed by atoms with Crippen molar-refractivity contribution in [1.82, 2.24) is 4.98 Å². The summed E-state index contributed by atoms with van der Waals surface area (Å²) in [5, 5.41) is 10.4. The van der Waals surface area contributed by atoms with Crippen LogP contribution in [0.5, 0.6) is 5.75 Å². The summed E-state index contributed by atoms with van der Waals surface area (Å²) in [6.07, 6.45) is 1.57. The quantitative estimate of drug-likeness (QED) is 0.261. The number of benzene rings is 2. The number of ether oxygens (including phenoxy) is 1. The summed E-state index contributed by atoms with van der Waals surface area (Å²) in [6, 6.07) is 13.7. The highest BCUT2D eigenvalue weighted by atomic mass is 79.9. The summed E-state index contributed by atoms with van der Waals surface area (Å²) in [4.78, 5) is 30.1. The lowest BCUT2D eigenvalue weighted by molar-refractivity contribution is 0.0991. The van der Waals surface area contributed by atoms with Crippen LogP contribution in [0.2, 0.25) is 0 Å². The summed E-state index contributed by atoms with van der Waals surface area (Å²) >= 11 is 6.71. The van der Waals surface area contributed by atoms with Gasteiger partial charge in [-0.2, -0.15) is 0 Å². The van der Waals surface area contributed by atoms with Crippen LogP contribution >= 0.6 is 31.9 Å². The van der Waals surface area contributed by atoms with Crippen molar-refractivity contribution in [2.24, 2.45) is 0 Å². The summed E-state index contributed by atoms with van der Waals surface area (Å²) < 4.78 is 6.91. The Hall–Kier alpha value is -2.84. The van der Waals surface area contributed by atoms with E-state index >= 15 is 0 Å². The van der Waals surface area contributed by atoms with Gasteiger partial charge >= 0.3 is 0 Å². The Bertz CT molecular complexity index is 1140. The Balaban J connectivity index is 0.00000363. The monoisotopic (exact) mass is 559 g/mol. The molecule has 166 valence electrons. The Morgan fingerprint density at radius 3 is 2.25 bits per heavy atom. The number of methoxy groups -OCH3 is 1. The van der Waals surface area contributed by atoms with Crippen LogP contribution in [0.1, 0.15) is 46.2 Å². The maximum atomic E-state index is 13.0. The van der Waals surface area contributed by atoms with Crippen molar-refractivity contribution in [3.05, 3.63) is 85.9 Å². The standard InChI is InChI=1S/C23H19Br2N3O3.CH4/c1-13(26)14-3-5-15(6-4-14)20(29)11-18-19(9-17(25)10-21(18)31-2)23(30)28-22-8-7-16(24)12-27-22;/h3-10,12,26H,11H2,1-2H3,(H,27,28,30);1H4. The lowest BCUT2D eigenvalue weighted by atomic mass is 9.96. The molecule has 2 N–H and O–H groups in total. The summed E-state index contributed by atoms with van der Waals surface area (Å²) in [6.45, 7) is 1.69. The molecular formula is C24H23Br2N3O3. The fourth-order valence-corrected chi connectivity index (χ4v) is 3.65. The lowest BCUT2D eigenvalue weighted by Gasteiger charge is -2.15. The molecule has 32 heavy (non-hydrogen) atoms. The van der Waals surface area contributed by atoms with Gasteiger partial charge in [-0.15, -0.1) is 0 Å². The molecule has 6 nitrogen and oxygen atoms in total. The van der Waals surface area contributed by atoms with E-state index in [2.05, 4.69) is 42.2 Å². The van der Waals surface area contributed by atoms with Crippen molar-refractivity contribution in [2.75, 3.05) is 12.4 Å². The van der Waals surface area contributed by atoms with Crippen LogP contribution in [-0.4, -0.2) is 29.5 Å². The zero-order valence-electron chi connectivity index (χ0n) is 16.8. The number of rotatable bonds is 7. The van der Waals surface area contributed by atoms with Crippen molar-refractivity contribution < 1.29 is 14.3 Å². The minimum atomic E-state index is -0.396. The van der Waals surface area contributed by atoms with Gasteiger partial charge in [0.2, 0.25) is 0 Å². The highest BCUT2D eigenvalue weighted by molar-refractivity contribution is 9.10. The second-order valence-electron chi connectivity index (χ2n) is 6.75.